The molecular weight excluding hydrogens is 468 g/mol. The first kappa shape index (κ1) is 26.5. The molecule has 0 saturated carbocycles. The molecule has 3 aromatic rings. The summed E-state index contributed by atoms with van der Waals surface area (Å²) in [5.41, 5.74) is 1.28. The fraction of sp³-hybridized carbons (Fsp3) is 0.333. The Morgan fingerprint density at radius 2 is 1.11 bits per heavy atom. The minimum absolute atomic E-state index is 0.0752. The zero-order valence-corrected chi connectivity index (χ0v) is 21.7. The maximum Gasteiger partial charge on any atom is 0.207 e. The highest BCUT2D eigenvalue weighted by Crippen LogP contribution is 2.59. The van der Waals surface area contributed by atoms with E-state index in [0.717, 1.165) is 0 Å². The van der Waals surface area contributed by atoms with Crippen LogP contribution in [0.5, 0.6) is 51.7 Å². The second-order valence-corrected chi connectivity index (χ2v) is 8.16. The van der Waals surface area contributed by atoms with Gasteiger partial charge in [0.1, 0.15) is 5.75 Å². The van der Waals surface area contributed by atoms with E-state index in [1.165, 1.54) is 42.7 Å². The minimum atomic E-state index is -1.11. The third-order valence-corrected chi connectivity index (χ3v) is 6.48. The summed E-state index contributed by atoms with van der Waals surface area (Å²) in [7, 11) is 8.65. The largest absolute Gasteiger partial charge is 0.508 e. The number of methoxy groups -OCH3 is 6. The van der Waals surface area contributed by atoms with Crippen LogP contribution in [-0.2, 0) is 5.41 Å². The molecule has 0 heterocycles. The van der Waals surface area contributed by atoms with Gasteiger partial charge >= 0.3 is 0 Å². The van der Waals surface area contributed by atoms with Crippen molar-refractivity contribution in [3.05, 3.63) is 52.6 Å². The van der Waals surface area contributed by atoms with Gasteiger partial charge in [-0.2, -0.15) is 0 Å². The number of phenolic OH excluding ortho intramolecular Hbond substituents is 3. The van der Waals surface area contributed by atoms with Gasteiger partial charge in [-0.25, -0.2) is 0 Å². The first-order chi connectivity index (χ1) is 17.2. The highest BCUT2D eigenvalue weighted by molar-refractivity contribution is 5.74. The summed E-state index contributed by atoms with van der Waals surface area (Å²) in [6.07, 6.45) is 0. The Morgan fingerprint density at radius 3 is 1.58 bits per heavy atom. The average molecular weight is 501 g/mol. The van der Waals surface area contributed by atoms with Crippen molar-refractivity contribution in [1.82, 2.24) is 0 Å². The molecule has 0 spiro atoms. The van der Waals surface area contributed by atoms with Crippen LogP contribution in [0.25, 0.3) is 0 Å². The molecule has 0 aliphatic rings. The van der Waals surface area contributed by atoms with Gasteiger partial charge in [-0.3, -0.25) is 0 Å². The predicted molar refractivity (Wildman–Crippen MR) is 134 cm³/mol. The van der Waals surface area contributed by atoms with E-state index in [4.69, 9.17) is 28.4 Å². The van der Waals surface area contributed by atoms with Gasteiger partial charge in [0.05, 0.1) is 48.1 Å². The van der Waals surface area contributed by atoms with Crippen molar-refractivity contribution in [1.29, 1.82) is 0 Å². The summed E-state index contributed by atoms with van der Waals surface area (Å²) in [6.45, 7) is 3.70. The number of phenols is 3. The second kappa shape index (κ2) is 10.2. The molecule has 3 N–H and O–H groups in total. The maximum absolute atomic E-state index is 10.9. The zero-order valence-electron chi connectivity index (χ0n) is 21.7. The summed E-state index contributed by atoms with van der Waals surface area (Å²) < 4.78 is 33.7. The first-order valence-electron chi connectivity index (χ1n) is 11.0. The molecule has 0 amide bonds. The van der Waals surface area contributed by atoms with Crippen molar-refractivity contribution >= 4 is 0 Å². The molecule has 0 bridgehead atoms. The van der Waals surface area contributed by atoms with Gasteiger partial charge in [-0.05, 0) is 37.6 Å². The molecule has 1 unspecified atom stereocenters. The van der Waals surface area contributed by atoms with E-state index >= 15 is 0 Å². The fourth-order valence-electron chi connectivity index (χ4n) is 4.78. The normalized spacial score (nSPS) is 12.4. The van der Waals surface area contributed by atoms with Gasteiger partial charge in [0, 0.05) is 16.7 Å². The van der Waals surface area contributed by atoms with E-state index in [1.54, 1.807) is 37.3 Å². The third-order valence-electron chi connectivity index (χ3n) is 6.48. The van der Waals surface area contributed by atoms with Crippen LogP contribution in [0.1, 0.15) is 29.2 Å². The molecule has 0 aliphatic carbocycles. The van der Waals surface area contributed by atoms with Crippen LogP contribution in [-0.4, -0.2) is 58.0 Å². The van der Waals surface area contributed by atoms with Gasteiger partial charge in [0.2, 0.25) is 23.0 Å². The molecule has 0 saturated heterocycles. The zero-order chi connectivity index (χ0) is 26.8. The summed E-state index contributed by atoms with van der Waals surface area (Å²) in [6, 6.07) is 8.28. The SMILES string of the molecule is COc1cc(C(C)(c2ccc(O)cc2)c2c(C)c(OC)c(O)c(OC)c2OC)c(OC)c(OC)c1O. The lowest BCUT2D eigenvalue weighted by molar-refractivity contribution is 0.304. The predicted octanol–water partition coefficient (Wildman–Crippen LogP) is 4.52. The number of benzene rings is 3. The molecule has 0 aromatic heterocycles. The van der Waals surface area contributed by atoms with Crippen molar-refractivity contribution in [2.75, 3.05) is 42.7 Å². The van der Waals surface area contributed by atoms with Crippen molar-refractivity contribution in [3.63, 3.8) is 0 Å². The number of ether oxygens (including phenoxy) is 6. The third kappa shape index (κ3) is 3.90. The standard InChI is InChI=1S/C27H32O9/c1-14-19(24(34-6)26(36-8)21(30)22(14)32-4)27(2,15-9-11-16(28)12-10-15)17-13-18(31-3)20(29)25(35-7)23(17)33-5/h9-13,28-30H,1-8H3. The summed E-state index contributed by atoms with van der Waals surface area (Å²) in [5, 5.41) is 31.7. The molecule has 36 heavy (non-hydrogen) atoms. The quantitative estimate of drug-likeness (QED) is 0.365. The lowest BCUT2D eigenvalue weighted by atomic mass is 9.68. The van der Waals surface area contributed by atoms with Gasteiger partial charge < -0.3 is 43.7 Å². The smallest absolute Gasteiger partial charge is 0.207 e. The molecule has 0 fully saturated rings. The van der Waals surface area contributed by atoms with Crippen LogP contribution in [0.15, 0.2) is 30.3 Å². The van der Waals surface area contributed by atoms with E-state index in [1.807, 2.05) is 6.92 Å². The van der Waals surface area contributed by atoms with Crippen LogP contribution in [0.2, 0.25) is 0 Å². The van der Waals surface area contributed by atoms with Crippen molar-refractivity contribution in [2.24, 2.45) is 0 Å². The van der Waals surface area contributed by atoms with Gasteiger partial charge in [0.25, 0.3) is 0 Å². The first-order valence-corrected chi connectivity index (χ1v) is 11.0. The summed E-state index contributed by atoms with van der Waals surface area (Å²) in [5.74, 6) is 0.667. The Morgan fingerprint density at radius 1 is 0.611 bits per heavy atom. The molecule has 0 radical (unpaired) electrons. The Bertz CT molecular complexity index is 1250. The molecule has 9 nitrogen and oxygen atoms in total. The van der Waals surface area contributed by atoms with E-state index < -0.39 is 5.41 Å². The lowest BCUT2D eigenvalue weighted by Crippen LogP contribution is -2.28. The Balaban J connectivity index is 2.65. The topological polar surface area (TPSA) is 116 Å². The van der Waals surface area contributed by atoms with Crippen LogP contribution in [0.4, 0.5) is 0 Å². The fourth-order valence-corrected chi connectivity index (χ4v) is 4.78. The van der Waals surface area contributed by atoms with Gasteiger partial charge in [0.15, 0.2) is 23.0 Å². The highest BCUT2D eigenvalue weighted by atomic mass is 16.5. The van der Waals surface area contributed by atoms with Crippen LogP contribution < -0.4 is 28.4 Å². The molecule has 3 aromatic carbocycles. The van der Waals surface area contributed by atoms with Gasteiger partial charge in [-0.15, -0.1) is 0 Å². The van der Waals surface area contributed by atoms with E-state index in [9.17, 15) is 15.3 Å². The highest BCUT2D eigenvalue weighted by Gasteiger charge is 2.43. The molecule has 194 valence electrons. The molecule has 3 rings (SSSR count). The van der Waals surface area contributed by atoms with E-state index in [0.29, 0.717) is 22.3 Å². The minimum Gasteiger partial charge on any atom is -0.508 e. The number of aromatic hydroxyl groups is 3. The Labute approximate surface area is 210 Å². The second-order valence-electron chi connectivity index (χ2n) is 8.16. The average Bonchev–Trinajstić information content (AvgIpc) is 2.88. The molecule has 1 atom stereocenters. The number of hydrogen-bond acceptors (Lipinski definition) is 9. The van der Waals surface area contributed by atoms with Crippen molar-refractivity contribution in [3.8, 4) is 51.7 Å². The Hall–Kier alpha value is -4.14. The van der Waals surface area contributed by atoms with Crippen LogP contribution >= 0.6 is 0 Å². The Kier molecular flexibility index (Phi) is 7.52. The number of rotatable bonds is 9. The molecular formula is C27H32O9. The lowest BCUT2D eigenvalue weighted by Gasteiger charge is -2.37. The van der Waals surface area contributed by atoms with Crippen molar-refractivity contribution in [2.45, 2.75) is 19.3 Å². The van der Waals surface area contributed by atoms with Gasteiger partial charge in [-0.1, -0.05) is 12.1 Å². The maximum atomic E-state index is 10.9. The monoisotopic (exact) mass is 500 g/mol. The summed E-state index contributed by atoms with van der Waals surface area (Å²) >= 11 is 0. The van der Waals surface area contributed by atoms with E-state index in [-0.39, 0.29) is 51.7 Å². The number of hydrogen-bond donors (Lipinski definition) is 3. The van der Waals surface area contributed by atoms with Crippen LogP contribution in [0.3, 0.4) is 0 Å². The molecule has 0 aliphatic heterocycles. The van der Waals surface area contributed by atoms with Crippen molar-refractivity contribution < 1.29 is 43.7 Å². The molecule has 9 heteroatoms. The van der Waals surface area contributed by atoms with E-state index in [2.05, 4.69) is 0 Å². The summed E-state index contributed by atoms with van der Waals surface area (Å²) in [4.78, 5) is 0. The van der Waals surface area contributed by atoms with Crippen LogP contribution in [0, 0.1) is 6.92 Å².